The van der Waals surface area contributed by atoms with Gasteiger partial charge < -0.3 is 4.90 Å². The number of alkyl halides is 2. The fraction of sp³-hybridized carbons (Fsp3) is 0.444. The van der Waals surface area contributed by atoms with Crippen molar-refractivity contribution < 1.29 is 18.0 Å². The molecule has 3 heterocycles. The number of fused-ring (bicyclic) bond motifs is 1. The van der Waals surface area contributed by atoms with Crippen molar-refractivity contribution in [3.8, 4) is 5.69 Å². The van der Waals surface area contributed by atoms with E-state index < -0.39 is 11.6 Å². The van der Waals surface area contributed by atoms with Gasteiger partial charge in [0.05, 0.1) is 24.5 Å². The maximum atomic E-state index is 15.2. The van der Waals surface area contributed by atoms with Gasteiger partial charge in [0.1, 0.15) is 28.7 Å². The Bertz CT molecular complexity index is 1390. The van der Waals surface area contributed by atoms with Crippen molar-refractivity contribution in [2.24, 2.45) is 0 Å². The van der Waals surface area contributed by atoms with E-state index >= 15 is 4.39 Å². The van der Waals surface area contributed by atoms with E-state index in [1.54, 1.807) is 17.9 Å². The van der Waals surface area contributed by atoms with Gasteiger partial charge in [0.25, 0.3) is 0 Å². The minimum atomic E-state index is -3.18. The third-order valence-corrected chi connectivity index (χ3v) is 7.04. The maximum absolute atomic E-state index is 15.2. The number of rotatable bonds is 8. The zero-order valence-electron chi connectivity index (χ0n) is 23.0. The summed E-state index contributed by atoms with van der Waals surface area (Å²) in [7, 11) is 2.79. The molecule has 0 N–H and O–H groups in total. The number of carbonyl (C=O) groups excluding carboxylic acids is 1. The molecule has 202 valence electrons. The summed E-state index contributed by atoms with van der Waals surface area (Å²) in [6.45, 7) is 10.6. The molecule has 1 amide bonds. The van der Waals surface area contributed by atoms with Crippen LogP contribution in [0.2, 0.25) is 0 Å². The van der Waals surface area contributed by atoms with E-state index in [0.29, 0.717) is 23.6 Å². The number of hydrogen-bond acceptors (Lipinski definition) is 4. The highest BCUT2D eigenvalue weighted by molar-refractivity contribution is 6.13. The van der Waals surface area contributed by atoms with Crippen LogP contribution in [0.4, 0.5) is 19.0 Å². The molecule has 0 aliphatic carbocycles. The first-order valence-electron chi connectivity index (χ1n) is 12.9. The summed E-state index contributed by atoms with van der Waals surface area (Å²) in [5, 5.41) is 8.90. The molecule has 38 heavy (non-hydrogen) atoms. The van der Waals surface area contributed by atoms with E-state index in [0.717, 1.165) is 30.3 Å². The Kier molecular flexibility index (Phi) is 7.49. The Morgan fingerprint density at radius 2 is 1.92 bits per heavy atom. The first kappa shape index (κ1) is 27.5. The lowest BCUT2D eigenvalue weighted by molar-refractivity contribution is -0.119. The Hall–Kier alpha value is -3.50. The number of halogens is 3. The molecule has 7 nitrogen and oxygen atoms in total. The largest absolute Gasteiger partial charge is 0.370 e. The number of allylic oxidation sites excluding steroid dienone is 1. The number of anilines is 1. The lowest BCUT2D eigenvalue weighted by atomic mass is 9.95. The second-order valence-corrected chi connectivity index (χ2v) is 10.3. The van der Waals surface area contributed by atoms with E-state index in [1.165, 1.54) is 23.8 Å². The summed E-state index contributed by atoms with van der Waals surface area (Å²) in [5.74, 6) is -3.32. The van der Waals surface area contributed by atoms with Gasteiger partial charge in [-0.05, 0) is 63.5 Å². The smallest absolute Gasteiger partial charge is 0.247 e. The molecule has 11 heteroatoms. The zero-order valence-corrected chi connectivity index (χ0v) is 23.0. The number of nitrogens with zero attached hydrogens (tertiary/aromatic N) is 6. The highest BCUT2D eigenvalue weighted by Crippen LogP contribution is 2.32. The number of aryl methyl sites for hydroxylation is 2. The molecule has 0 bridgehead atoms. The molecule has 0 fully saturated rings. The number of amides is 1. The fourth-order valence-electron chi connectivity index (χ4n) is 4.66. The van der Waals surface area contributed by atoms with Crippen LogP contribution in [0.1, 0.15) is 63.2 Å². The van der Waals surface area contributed by atoms with Crippen molar-refractivity contribution in [3.05, 3.63) is 64.4 Å². The summed E-state index contributed by atoms with van der Waals surface area (Å²) in [4.78, 5) is 16.8. The van der Waals surface area contributed by atoms with Gasteiger partial charge in [-0.2, -0.15) is 10.2 Å². The molecule has 1 aliphatic rings. The molecule has 3 aromatic rings. The van der Waals surface area contributed by atoms with Crippen LogP contribution >= 0.6 is 0 Å². The Balaban J connectivity index is 1.68. The van der Waals surface area contributed by atoms with Crippen LogP contribution in [0.3, 0.4) is 0 Å². The monoisotopic (exact) mass is 526 g/mol. The molecular weight excluding hydrogens is 492 g/mol. The Morgan fingerprint density at radius 3 is 2.53 bits per heavy atom. The molecule has 1 aromatic carbocycles. The van der Waals surface area contributed by atoms with Crippen molar-refractivity contribution in [1.82, 2.24) is 24.5 Å². The van der Waals surface area contributed by atoms with Crippen molar-refractivity contribution in [2.45, 2.75) is 72.4 Å². The van der Waals surface area contributed by atoms with Crippen LogP contribution in [0.25, 0.3) is 11.4 Å². The summed E-state index contributed by atoms with van der Waals surface area (Å²) >= 11 is 0. The van der Waals surface area contributed by atoms with Gasteiger partial charge in [-0.25, -0.2) is 22.5 Å². The minimum absolute atomic E-state index is 0.0720. The highest BCUT2D eigenvalue weighted by Gasteiger charge is 2.31. The van der Waals surface area contributed by atoms with Gasteiger partial charge in [0, 0.05) is 25.6 Å². The molecule has 0 unspecified atom stereocenters. The van der Waals surface area contributed by atoms with Crippen LogP contribution in [0.5, 0.6) is 0 Å². The topological polar surface area (TPSA) is 59.2 Å². The van der Waals surface area contributed by atoms with Crippen molar-refractivity contribution in [3.63, 3.8) is 0 Å². The SMILES string of the molecule is BC(F)(F)c1cc(C)nn1-c1ccc(CN2C(=O)CCn3nc(/C(=C(\C)CC)N(C)C(C)C)cc32)cc1F. The third kappa shape index (κ3) is 5.23. The Morgan fingerprint density at radius 1 is 1.21 bits per heavy atom. The standard InChI is InChI=1S/C27H34BF3N6O/c1-7-17(4)26(34(6)16(2)3)21-14-24-35(25(38)10-11-36(24)33-21)15-19-8-9-22(20(29)13-19)37-23(27(28,30)31)12-18(5)32-37/h8-9,12-14,16H,7,10-11,15,28H2,1-6H3/b26-17-. The zero-order chi connectivity index (χ0) is 27.9. The second kappa shape index (κ2) is 10.3. The van der Waals surface area contributed by atoms with Crippen molar-refractivity contribution in [2.75, 3.05) is 11.9 Å². The number of hydrogen-bond donors (Lipinski definition) is 0. The highest BCUT2D eigenvalue weighted by atomic mass is 19.3. The van der Waals surface area contributed by atoms with Gasteiger partial charge in [0.15, 0.2) is 0 Å². The average Bonchev–Trinajstić information content (AvgIpc) is 3.44. The van der Waals surface area contributed by atoms with Crippen LogP contribution in [-0.2, 0) is 23.7 Å². The minimum Gasteiger partial charge on any atom is -0.370 e. The van der Waals surface area contributed by atoms with Gasteiger partial charge in [-0.15, -0.1) is 0 Å². The van der Waals surface area contributed by atoms with Gasteiger partial charge in [0.2, 0.25) is 19.6 Å². The summed E-state index contributed by atoms with van der Waals surface area (Å²) in [5.41, 5.74) is 3.45. The first-order valence-corrected chi connectivity index (χ1v) is 12.9. The van der Waals surface area contributed by atoms with E-state index in [2.05, 4.69) is 37.7 Å². The lowest BCUT2D eigenvalue weighted by Crippen LogP contribution is -2.37. The molecule has 2 aromatic heterocycles. The summed E-state index contributed by atoms with van der Waals surface area (Å²) in [6, 6.07) is 7.75. The first-order chi connectivity index (χ1) is 17.8. The van der Waals surface area contributed by atoms with Gasteiger partial charge in [-0.3, -0.25) is 9.69 Å². The van der Waals surface area contributed by atoms with E-state index in [9.17, 15) is 13.6 Å². The van der Waals surface area contributed by atoms with Crippen LogP contribution in [0, 0.1) is 12.7 Å². The number of benzene rings is 1. The number of carbonyl (C=O) groups is 1. The third-order valence-electron chi connectivity index (χ3n) is 7.04. The molecular formula is C27H34BF3N6O. The van der Waals surface area contributed by atoms with Gasteiger partial charge in [-0.1, -0.05) is 13.0 Å². The quantitative estimate of drug-likeness (QED) is 0.402. The average molecular weight is 526 g/mol. The maximum Gasteiger partial charge on any atom is 0.247 e. The van der Waals surface area contributed by atoms with Gasteiger partial charge >= 0.3 is 0 Å². The molecule has 4 rings (SSSR count). The lowest BCUT2D eigenvalue weighted by Gasteiger charge is -2.27. The van der Waals surface area contributed by atoms with Crippen LogP contribution in [0.15, 0.2) is 35.9 Å². The van der Waals surface area contributed by atoms with E-state index in [1.807, 2.05) is 17.8 Å². The van der Waals surface area contributed by atoms with Crippen LogP contribution in [-0.4, -0.2) is 51.3 Å². The molecule has 0 spiro atoms. The normalized spacial score (nSPS) is 14.7. The van der Waals surface area contributed by atoms with E-state index in [-0.39, 0.29) is 36.3 Å². The molecule has 0 radical (unpaired) electrons. The van der Waals surface area contributed by atoms with Crippen LogP contribution < -0.4 is 4.90 Å². The second-order valence-electron chi connectivity index (χ2n) is 10.3. The predicted octanol–water partition coefficient (Wildman–Crippen LogP) is 4.62. The fourth-order valence-corrected chi connectivity index (χ4v) is 4.66. The summed E-state index contributed by atoms with van der Waals surface area (Å²) < 4.78 is 46.2. The Labute approximate surface area is 222 Å². The molecule has 1 aliphatic heterocycles. The number of aromatic nitrogens is 4. The van der Waals surface area contributed by atoms with Crippen molar-refractivity contribution >= 4 is 25.3 Å². The predicted molar refractivity (Wildman–Crippen MR) is 145 cm³/mol. The molecule has 0 saturated carbocycles. The summed E-state index contributed by atoms with van der Waals surface area (Å²) in [6.07, 6.45) is 1.15. The van der Waals surface area contributed by atoms with Crippen molar-refractivity contribution in [1.29, 1.82) is 0 Å². The molecule has 0 saturated heterocycles. The van der Waals surface area contributed by atoms with E-state index in [4.69, 9.17) is 5.10 Å². The molecule has 0 atom stereocenters.